The monoisotopic (exact) mass is 342 g/mol. The van der Waals surface area contributed by atoms with E-state index in [9.17, 15) is 9.59 Å². The van der Waals surface area contributed by atoms with E-state index in [0.29, 0.717) is 23.0 Å². The van der Waals surface area contributed by atoms with Crippen molar-refractivity contribution in [3.05, 3.63) is 23.2 Å². The third kappa shape index (κ3) is 6.08. The molecule has 0 aromatic heterocycles. The highest BCUT2D eigenvalue weighted by molar-refractivity contribution is 6.31. The first-order chi connectivity index (χ1) is 10.9. The Morgan fingerprint density at radius 3 is 2.70 bits per heavy atom. The predicted molar refractivity (Wildman–Crippen MR) is 91.2 cm³/mol. The normalized spacial score (nSPS) is 13.1. The molecular formula is C16H25ClN3O3+. The minimum absolute atomic E-state index is 0.0654. The van der Waals surface area contributed by atoms with Gasteiger partial charge >= 0.3 is 0 Å². The lowest BCUT2D eigenvalue weighted by atomic mass is 10.2. The van der Waals surface area contributed by atoms with Crippen molar-refractivity contribution in [1.82, 2.24) is 5.32 Å². The van der Waals surface area contributed by atoms with Crippen molar-refractivity contribution in [3.63, 3.8) is 0 Å². The quantitative estimate of drug-likeness (QED) is 0.652. The highest BCUT2D eigenvalue weighted by Crippen LogP contribution is 2.27. The maximum absolute atomic E-state index is 12.4. The molecule has 0 aliphatic heterocycles. The van der Waals surface area contributed by atoms with Crippen molar-refractivity contribution in [2.45, 2.75) is 26.3 Å². The highest BCUT2D eigenvalue weighted by Gasteiger charge is 2.24. The molecule has 0 fully saturated rings. The van der Waals surface area contributed by atoms with Crippen LogP contribution in [0.4, 0.5) is 5.69 Å². The second-order valence-corrected chi connectivity index (χ2v) is 5.87. The standard InChI is InChI=1S/C16H24ClN3O3/c1-5-8-18-15(21)10-20(3)11(2)16(22)19-13-9-12(17)6-7-14(13)23-4/h6-7,9,11H,5,8,10H2,1-4H3,(H,18,21)(H,19,22)/p+1/t11-/m0/s1. The Morgan fingerprint density at radius 2 is 2.09 bits per heavy atom. The first-order valence-electron chi connectivity index (χ1n) is 7.62. The number of benzene rings is 1. The Hall–Kier alpha value is -1.79. The molecule has 0 aliphatic carbocycles. The summed E-state index contributed by atoms with van der Waals surface area (Å²) in [5, 5.41) is 6.11. The van der Waals surface area contributed by atoms with Gasteiger partial charge in [0.25, 0.3) is 11.8 Å². The van der Waals surface area contributed by atoms with Gasteiger partial charge < -0.3 is 20.3 Å². The zero-order valence-electron chi connectivity index (χ0n) is 14.0. The van der Waals surface area contributed by atoms with Gasteiger partial charge in [-0.15, -0.1) is 0 Å². The molecule has 0 saturated carbocycles. The van der Waals surface area contributed by atoms with Crippen LogP contribution in [-0.2, 0) is 9.59 Å². The average Bonchev–Trinajstić information content (AvgIpc) is 2.52. The Kier molecular flexibility index (Phi) is 7.85. The summed E-state index contributed by atoms with van der Waals surface area (Å²) in [6.45, 7) is 4.65. The molecule has 0 heterocycles. The summed E-state index contributed by atoms with van der Waals surface area (Å²) >= 11 is 5.95. The number of amides is 2. The van der Waals surface area contributed by atoms with Gasteiger partial charge in [0.05, 0.1) is 19.8 Å². The number of ether oxygens (including phenoxy) is 1. The molecule has 0 bridgehead atoms. The van der Waals surface area contributed by atoms with Gasteiger partial charge in [-0.2, -0.15) is 0 Å². The van der Waals surface area contributed by atoms with E-state index in [-0.39, 0.29) is 18.4 Å². The summed E-state index contributed by atoms with van der Waals surface area (Å²) in [6.07, 6.45) is 0.884. The van der Waals surface area contributed by atoms with Crippen LogP contribution >= 0.6 is 11.6 Å². The maximum atomic E-state index is 12.4. The fourth-order valence-corrected chi connectivity index (χ4v) is 2.15. The van der Waals surface area contributed by atoms with E-state index in [2.05, 4.69) is 10.6 Å². The van der Waals surface area contributed by atoms with Crippen LogP contribution in [0.5, 0.6) is 5.75 Å². The minimum atomic E-state index is -0.397. The molecule has 2 amide bonds. The lowest BCUT2D eigenvalue weighted by Crippen LogP contribution is -3.15. The Balaban J connectivity index is 2.66. The Morgan fingerprint density at radius 1 is 1.39 bits per heavy atom. The SMILES string of the molecule is CCCNC(=O)C[NH+](C)[C@@H](C)C(=O)Nc1cc(Cl)ccc1OC. The maximum Gasteiger partial charge on any atom is 0.282 e. The first kappa shape index (κ1) is 19.3. The average molecular weight is 343 g/mol. The lowest BCUT2D eigenvalue weighted by Gasteiger charge is -2.21. The molecule has 0 aliphatic rings. The van der Waals surface area contributed by atoms with E-state index in [1.54, 1.807) is 25.1 Å². The van der Waals surface area contributed by atoms with E-state index in [1.165, 1.54) is 7.11 Å². The number of nitrogens with one attached hydrogen (secondary N) is 3. The molecule has 1 unspecified atom stereocenters. The topological polar surface area (TPSA) is 71.9 Å². The van der Waals surface area contributed by atoms with Crippen molar-refractivity contribution in [3.8, 4) is 5.75 Å². The molecular weight excluding hydrogens is 318 g/mol. The van der Waals surface area contributed by atoms with Gasteiger partial charge in [0, 0.05) is 11.6 Å². The summed E-state index contributed by atoms with van der Waals surface area (Å²) in [6, 6.07) is 4.62. The highest BCUT2D eigenvalue weighted by atomic mass is 35.5. The molecule has 1 rings (SSSR count). The van der Waals surface area contributed by atoms with Gasteiger partial charge in [-0.25, -0.2) is 0 Å². The van der Waals surface area contributed by atoms with E-state index >= 15 is 0 Å². The molecule has 0 radical (unpaired) electrons. The Bertz CT molecular complexity index is 551. The van der Waals surface area contributed by atoms with Crippen molar-refractivity contribution < 1.29 is 19.2 Å². The molecule has 23 heavy (non-hydrogen) atoms. The third-order valence-electron chi connectivity index (χ3n) is 3.56. The first-order valence-corrected chi connectivity index (χ1v) is 8.00. The second kappa shape index (κ2) is 9.37. The number of hydrogen-bond acceptors (Lipinski definition) is 3. The van der Waals surface area contributed by atoms with Crippen molar-refractivity contribution >= 4 is 29.1 Å². The number of anilines is 1. The number of likely N-dealkylation sites (N-methyl/N-ethyl adjacent to an activating group) is 1. The van der Waals surface area contributed by atoms with Gasteiger partial charge in [-0.05, 0) is 31.5 Å². The summed E-state index contributed by atoms with van der Waals surface area (Å²) < 4.78 is 5.21. The van der Waals surface area contributed by atoms with Crippen LogP contribution in [-0.4, -0.2) is 45.1 Å². The molecule has 1 aromatic rings. The Labute approximate surface area is 142 Å². The number of carbonyl (C=O) groups excluding carboxylic acids is 2. The van der Waals surface area contributed by atoms with Crippen LogP contribution in [0.15, 0.2) is 18.2 Å². The summed E-state index contributed by atoms with van der Waals surface area (Å²) in [4.78, 5) is 24.9. The molecule has 6 nitrogen and oxygen atoms in total. The fraction of sp³-hybridized carbons (Fsp3) is 0.500. The number of methoxy groups -OCH3 is 1. The van der Waals surface area contributed by atoms with Gasteiger partial charge in [0.2, 0.25) is 0 Å². The minimum Gasteiger partial charge on any atom is -0.495 e. The van der Waals surface area contributed by atoms with Crippen LogP contribution in [0.3, 0.4) is 0 Å². The number of carbonyl (C=O) groups is 2. The lowest BCUT2D eigenvalue weighted by molar-refractivity contribution is -0.885. The molecule has 7 heteroatoms. The fourth-order valence-electron chi connectivity index (χ4n) is 1.98. The molecule has 2 atom stereocenters. The van der Waals surface area contributed by atoms with E-state index in [0.717, 1.165) is 11.3 Å². The van der Waals surface area contributed by atoms with Crippen LogP contribution < -0.4 is 20.3 Å². The second-order valence-electron chi connectivity index (χ2n) is 5.43. The van der Waals surface area contributed by atoms with Crippen LogP contribution in [0.25, 0.3) is 0 Å². The van der Waals surface area contributed by atoms with Crippen LogP contribution in [0.2, 0.25) is 5.02 Å². The third-order valence-corrected chi connectivity index (χ3v) is 3.80. The number of halogens is 1. The predicted octanol–water partition coefficient (Wildman–Crippen LogP) is 0.717. The van der Waals surface area contributed by atoms with E-state index < -0.39 is 6.04 Å². The van der Waals surface area contributed by atoms with Crippen LogP contribution in [0, 0.1) is 0 Å². The zero-order chi connectivity index (χ0) is 17.4. The van der Waals surface area contributed by atoms with Crippen molar-refractivity contribution in [1.29, 1.82) is 0 Å². The molecule has 0 spiro atoms. The largest absolute Gasteiger partial charge is 0.495 e. The van der Waals surface area contributed by atoms with E-state index in [1.807, 2.05) is 14.0 Å². The van der Waals surface area contributed by atoms with Gasteiger partial charge in [0.1, 0.15) is 5.75 Å². The van der Waals surface area contributed by atoms with Gasteiger partial charge in [-0.3, -0.25) is 9.59 Å². The molecule has 128 valence electrons. The number of hydrogen-bond donors (Lipinski definition) is 3. The van der Waals surface area contributed by atoms with Crippen LogP contribution in [0.1, 0.15) is 20.3 Å². The number of quaternary nitrogens is 1. The molecule has 3 N–H and O–H groups in total. The molecule has 0 saturated heterocycles. The van der Waals surface area contributed by atoms with E-state index in [4.69, 9.17) is 16.3 Å². The van der Waals surface area contributed by atoms with Gasteiger partial charge in [-0.1, -0.05) is 18.5 Å². The summed E-state index contributed by atoms with van der Waals surface area (Å²) in [5.74, 6) is 0.268. The summed E-state index contributed by atoms with van der Waals surface area (Å²) in [7, 11) is 3.34. The van der Waals surface area contributed by atoms with Crippen molar-refractivity contribution in [2.24, 2.45) is 0 Å². The number of rotatable bonds is 8. The smallest absolute Gasteiger partial charge is 0.282 e. The van der Waals surface area contributed by atoms with Crippen molar-refractivity contribution in [2.75, 3.05) is 32.6 Å². The zero-order valence-corrected chi connectivity index (χ0v) is 14.8. The molecule has 1 aromatic carbocycles. The van der Waals surface area contributed by atoms with Gasteiger partial charge in [0.15, 0.2) is 12.6 Å². The summed E-state index contributed by atoms with van der Waals surface area (Å²) in [5.41, 5.74) is 0.514.